The van der Waals surface area contributed by atoms with Crippen molar-refractivity contribution in [2.75, 3.05) is 7.05 Å². The summed E-state index contributed by atoms with van der Waals surface area (Å²) in [6, 6.07) is 0.881. The number of benzene rings is 1. The highest BCUT2D eigenvalue weighted by Gasteiger charge is 2.37. The van der Waals surface area contributed by atoms with Crippen molar-refractivity contribution in [3.05, 3.63) is 72.0 Å². The molecule has 19 heteroatoms. The number of hydrogen-bond donors (Lipinski definition) is 9. The number of carboxylic acid groups (broad SMARTS) is 2. The van der Waals surface area contributed by atoms with Crippen molar-refractivity contribution in [2.45, 2.75) is 123 Å². The molecule has 0 spiro atoms. The third kappa shape index (κ3) is 16.7. The maximum Gasteiger partial charge on any atom is 0.327 e. The number of aliphatic hydroxyl groups excluding tert-OH is 1. The summed E-state index contributed by atoms with van der Waals surface area (Å²) >= 11 is 0. The molecule has 0 bridgehead atoms. The Bertz CT molecular complexity index is 1950. The molecule has 1 heterocycles. The average Bonchev–Trinajstić information content (AvgIpc) is 3.23. The molecule has 1 aromatic rings. The lowest BCUT2D eigenvalue weighted by molar-refractivity contribution is -0.146. The van der Waals surface area contributed by atoms with Gasteiger partial charge in [-0.15, -0.1) is 0 Å². The molecule has 1 aliphatic rings. The van der Waals surface area contributed by atoms with Crippen LogP contribution in [0.1, 0.15) is 80.2 Å². The van der Waals surface area contributed by atoms with Gasteiger partial charge in [-0.05, 0) is 51.5 Å². The third-order valence-electron chi connectivity index (χ3n) is 10.9. The smallest absolute Gasteiger partial charge is 0.327 e. The normalized spacial score (nSPS) is 26.9. The van der Waals surface area contributed by atoms with Crippen LogP contribution in [-0.2, 0) is 49.6 Å². The lowest BCUT2D eigenvalue weighted by Gasteiger charge is -2.27. The molecule has 7 amide bonds. The van der Waals surface area contributed by atoms with Crippen LogP contribution < -0.4 is 31.9 Å². The number of amides is 7. The van der Waals surface area contributed by atoms with E-state index in [-0.39, 0.29) is 18.3 Å². The average molecular weight is 896 g/mol. The number of aliphatic hydroxyl groups is 1. The van der Waals surface area contributed by atoms with Gasteiger partial charge >= 0.3 is 11.9 Å². The molecule has 0 aliphatic carbocycles. The summed E-state index contributed by atoms with van der Waals surface area (Å²) in [5, 5.41) is 45.7. The summed E-state index contributed by atoms with van der Waals surface area (Å²) in [5.41, 5.74) is 1.18. The summed E-state index contributed by atoms with van der Waals surface area (Å²) in [5.74, 6) is -12.3. The highest BCUT2D eigenvalue weighted by molar-refractivity contribution is 6.00. The Morgan fingerprint density at radius 3 is 1.94 bits per heavy atom. The molecule has 19 nitrogen and oxygen atoms in total. The lowest BCUT2D eigenvalue weighted by atomic mass is 9.94. The minimum Gasteiger partial charge on any atom is -0.480 e. The molecule has 64 heavy (non-hydrogen) atoms. The van der Waals surface area contributed by atoms with E-state index in [1.807, 2.05) is 37.3 Å². The SMILES string of the molecule is C=C1C(=O)N[C@H](C)C(=O)N[C@@H](CC(C)C)C(=O)N[C@@H](C(=O)O)[C@H](C)C(=O)N[C@@H](C)C(=O)N[C@@H](/C=C/C(C)=C/[C@H](C)[C@@H](O)Cc2ccccc2)[C@H](C)C(=O)N[C@@H](C(=O)O)CCC(=O)N1C. The molecule has 0 saturated carbocycles. The van der Waals surface area contributed by atoms with E-state index in [1.165, 1.54) is 40.8 Å². The second kappa shape index (κ2) is 25.1. The fourth-order valence-corrected chi connectivity index (χ4v) is 6.53. The molecule has 10 atom stereocenters. The number of nitrogens with zero attached hydrogens (tertiary/aromatic N) is 1. The van der Waals surface area contributed by atoms with Crippen LogP contribution >= 0.6 is 0 Å². The van der Waals surface area contributed by atoms with Crippen molar-refractivity contribution >= 4 is 53.3 Å². The summed E-state index contributed by atoms with van der Waals surface area (Å²) in [6.45, 7) is 15.9. The van der Waals surface area contributed by atoms with Crippen LogP contribution in [0.2, 0.25) is 0 Å². The molecule has 1 fully saturated rings. The van der Waals surface area contributed by atoms with Crippen molar-refractivity contribution in [3.8, 4) is 0 Å². The second-order valence-electron chi connectivity index (χ2n) is 16.8. The monoisotopic (exact) mass is 895 g/mol. The van der Waals surface area contributed by atoms with Gasteiger partial charge in [0.15, 0.2) is 0 Å². The zero-order valence-electron chi connectivity index (χ0n) is 38.0. The Hall–Kier alpha value is -6.37. The van der Waals surface area contributed by atoms with E-state index in [0.717, 1.165) is 10.5 Å². The minimum absolute atomic E-state index is 0.0274. The Kier molecular flexibility index (Phi) is 21.1. The van der Waals surface area contributed by atoms with Gasteiger partial charge in [-0.25, -0.2) is 9.59 Å². The maximum atomic E-state index is 13.7. The second-order valence-corrected chi connectivity index (χ2v) is 16.8. The molecule has 1 saturated heterocycles. The van der Waals surface area contributed by atoms with Crippen LogP contribution in [0.25, 0.3) is 0 Å². The van der Waals surface area contributed by atoms with Gasteiger partial charge in [0.25, 0.3) is 5.91 Å². The van der Waals surface area contributed by atoms with Gasteiger partial charge in [0, 0.05) is 19.4 Å². The van der Waals surface area contributed by atoms with E-state index >= 15 is 0 Å². The van der Waals surface area contributed by atoms with Crippen LogP contribution in [0.5, 0.6) is 0 Å². The van der Waals surface area contributed by atoms with Crippen LogP contribution in [0.4, 0.5) is 0 Å². The van der Waals surface area contributed by atoms with Gasteiger partial charge < -0.3 is 52.1 Å². The molecule has 352 valence electrons. The number of likely N-dealkylation sites (N-methyl/N-ethyl adjacent to an activating group) is 1. The number of rotatable bonds is 10. The molecular weight excluding hydrogens is 831 g/mol. The number of aliphatic carboxylic acids is 2. The van der Waals surface area contributed by atoms with Gasteiger partial charge in [0.1, 0.15) is 35.9 Å². The molecule has 2 rings (SSSR count). The van der Waals surface area contributed by atoms with Crippen molar-refractivity contribution in [1.29, 1.82) is 0 Å². The van der Waals surface area contributed by atoms with Gasteiger partial charge in [-0.2, -0.15) is 0 Å². The fraction of sp³-hybridized carbons (Fsp3) is 0.533. The molecule has 9 N–H and O–H groups in total. The van der Waals surface area contributed by atoms with E-state index in [4.69, 9.17) is 0 Å². The fourth-order valence-electron chi connectivity index (χ4n) is 6.53. The number of nitrogens with one attached hydrogen (secondary N) is 6. The summed E-state index contributed by atoms with van der Waals surface area (Å²) in [4.78, 5) is 119. The predicted octanol–water partition coefficient (Wildman–Crippen LogP) is 0.931. The van der Waals surface area contributed by atoms with E-state index in [2.05, 4.69) is 38.5 Å². The van der Waals surface area contributed by atoms with Crippen molar-refractivity contribution in [2.24, 2.45) is 23.7 Å². The van der Waals surface area contributed by atoms with E-state index in [1.54, 1.807) is 32.9 Å². The lowest BCUT2D eigenvalue weighted by Crippen LogP contribution is -2.58. The highest BCUT2D eigenvalue weighted by Crippen LogP contribution is 2.17. The number of allylic oxidation sites excluding steroid dienone is 2. The molecule has 1 aromatic carbocycles. The van der Waals surface area contributed by atoms with Gasteiger partial charge in [0.05, 0.1) is 24.0 Å². The maximum absolute atomic E-state index is 13.7. The highest BCUT2D eigenvalue weighted by atomic mass is 16.4. The van der Waals surface area contributed by atoms with Crippen molar-refractivity contribution < 1.29 is 58.5 Å². The Balaban J connectivity index is 2.56. The number of hydrogen-bond acceptors (Lipinski definition) is 10. The summed E-state index contributed by atoms with van der Waals surface area (Å²) in [7, 11) is 1.21. The van der Waals surface area contributed by atoms with Gasteiger partial charge in [-0.1, -0.05) is 95.3 Å². The largest absolute Gasteiger partial charge is 0.480 e. The van der Waals surface area contributed by atoms with Crippen LogP contribution in [-0.4, -0.2) is 123 Å². The van der Waals surface area contributed by atoms with E-state index < -0.39 is 126 Å². The van der Waals surface area contributed by atoms with Crippen LogP contribution in [0, 0.1) is 23.7 Å². The number of carbonyl (C=O) groups excluding carboxylic acids is 7. The Morgan fingerprint density at radius 1 is 0.781 bits per heavy atom. The number of carbonyl (C=O) groups is 9. The number of carboxylic acids is 2. The summed E-state index contributed by atoms with van der Waals surface area (Å²) in [6.07, 6.45) is 3.68. The molecular formula is C45H65N7O12. The van der Waals surface area contributed by atoms with Crippen molar-refractivity contribution in [1.82, 2.24) is 36.8 Å². The first-order chi connectivity index (χ1) is 29.8. The first-order valence-electron chi connectivity index (χ1n) is 21.2. The zero-order valence-corrected chi connectivity index (χ0v) is 38.0. The molecule has 0 unspecified atom stereocenters. The predicted molar refractivity (Wildman–Crippen MR) is 235 cm³/mol. The Labute approximate surface area is 373 Å². The standard InChI is InChI=1S/C45H65N7O12/c1-23(2)20-34-43(60)51-37(45(63)64)27(6)39(56)46-28(7)40(57)48-32(17-16-24(3)21-25(4)35(53)22-31-14-12-11-13-15-31)26(5)38(55)49-33(44(61)62)18-19-36(54)52(10)30(9)42(59)47-29(8)41(58)50-34/h11-17,21,23,25-29,32-35,37,53H,9,18-20,22H2,1-8,10H3,(H,46,56)(H,47,59)(H,48,57)(H,49,55)(H,50,58)(H,51,60)(H,61,62)(H,63,64)/b17-16+,24-21+/t25-,26-,27-,28-,29+,32-,33+,34-,35-,37+/m0/s1. The van der Waals surface area contributed by atoms with Gasteiger partial charge in [0.2, 0.25) is 35.4 Å². The van der Waals surface area contributed by atoms with E-state index in [0.29, 0.717) is 12.0 Å². The van der Waals surface area contributed by atoms with Gasteiger partial charge in [-0.3, -0.25) is 33.6 Å². The van der Waals surface area contributed by atoms with Crippen LogP contribution in [0.15, 0.2) is 66.4 Å². The minimum atomic E-state index is -1.83. The molecule has 0 aromatic heterocycles. The van der Waals surface area contributed by atoms with E-state index in [9.17, 15) is 58.5 Å². The topological polar surface area (TPSA) is 290 Å². The first kappa shape index (κ1) is 53.8. The third-order valence-corrected chi connectivity index (χ3v) is 10.9. The molecule has 0 radical (unpaired) electrons. The Morgan fingerprint density at radius 2 is 1.36 bits per heavy atom. The quantitative estimate of drug-likeness (QED) is 0.117. The van der Waals surface area contributed by atoms with Crippen molar-refractivity contribution in [3.63, 3.8) is 0 Å². The van der Waals surface area contributed by atoms with Crippen LogP contribution in [0.3, 0.4) is 0 Å². The molecule has 1 aliphatic heterocycles. The zero-order chi connectivity index (χ0) is 48.6. The first-order valence-corrected chi connectivity index (χ1v) is 21.2. The summed E-state index contributed by atoms with van der Waals surface area (Å²) < 4.78 is 0.